The summed E-state index contributed by atoms with van der Waals surface area (Å²) < 4.78 is 37.2. The Morgan fingerprint density at radius 2 is 1.73 bits per heavy atom. The van der Waals surface area contributed by atoms with Crippen molar-refractivity contribution in [3.8, 4) is 11.5 Å². The second kappa shape index (κ2) is 8.68. The van der Waals surface area contributed by atoms with Gasteiger partial charge in [-0.05, 0) is 24.6 Å². The highest BCUT2D eigenvalue weighted by atomic mass is 32.2. The normalized spacial score (nSPS) is 11.0. The van der Waals surface area contributed by atoms with Crippen LogP contribution in [0.4, 0.5) is 0 Å². The fourth-order valence-corrected chi connectivity index (χ4v) is 3.34. The van der Waals surface area contributed by atoms with Crippen LogP contribution in [0.3, 0.4) is 0 Å². The van der Waals surface area contributed by atoms with Crippen molar-refractivity contribution in [3.63, 3.8) is 0 Å². The Morgan fingerprint density at radius 1 is 1.04 bits per heavy atom. The van der Waals surface area contributed by atoms with Crippen LogP contribution in [0, 0.1) is 6.92 Å². The van der Waals surface area contributed by atoms with Crippen LogP contribution in [-0.4, -0.2) is 35.1 Å². The highest BCUT2D eigenvalue weighted by Crippen LogP contribution is 2.28. The standard InChI is InChI=1S/C18H22N2O5S/c1-13-4-6-14(7-5-13)11-19-18(21)12-20-26(22,23)17-9-8-15(24-2)10-16(17)25-3/h4-10,20H,11-12H2,1-3H3,(H,19,21). The molecule has 0 atom stereocenters. The predicted molar refractivity (Wildman–Crippen MR) is 97.8 cm³/mol. The molecule has 0 aliphatic heterocycles. The number of aryl methyl sites for hydroxylation is 1. The van der Waals surface area contributed by atoms with E-state index in [9.17, 15) is 13.2 Å². The molecule has 0 spiro atoms. The lowest BCUT2D eigenvalue weighted by molar-refractivity contribution is -0.120. The summed E-state index contributed by atoms with van der Waals surface area (Å²) in [6, 6.07) is 12.0. The number of nitrogens with one attached hydrogen (secondary N) is 2. The van der Waals surface area contributed by atoms with Crippen molar-refractivity contribution in [1.82, 2.24) is 10.0 Å². The van der Waals surface area contributed by atoms with Gasteiger partial charge in [0.25, 0.3) is 0 Å². The van der Waals surface area contributed by atoms with E-state index in [-0.39, 0.29) is 17.2 Å². The number of amides is 1. The maximum Gasteiger partial charge on any atom is 0.244 e. The van der Waals surface area contributed by atoms with Gasteiger partial charge in [0.05, 0.1) is 20.8 Å². The number of carbonyl (C=O) groups is 1. The number of hydrogen-bond donors (Lipinski definition) is 2. The number of rotatable bonds is 8. The third kappa shape index (κ3) is 5.21. The third-order valence-corrected chi connectivity index (χ3v) is 5.13. The molecule has 140 valence electrons. The zero-order valence-electron chi connectivity index (χ0n) is 14.9. The van der Waals surface area contributed by atoms with E-state index in [1.165, 1.54) is 32.4 Å². The van der Waals surface area contributed by atoms with Gasteiger partial charge < -0.3 is 14.8 Å². The van der Waals surface area contributed by atoms with Crippen molar-refractivity contribution in [1.29, 1.82) is 0 Å². The van der Waals surface area contributed by atoms with Crippen LogP contribution in [0.2, 0.25) is 0 Å². The Balaban J connectivity index is 1.96. The number of hydrogen-bond acceptors (Lipinski definition) is 5. The van der Waals surface area contributed by atoms with Gasteiger partial charge in [-0.1, -0.05) is 29.8 Å². The van der Waals surface area contributed by atoms with E-state index in [2.05, 4.69) is 10.0 Å². The van der Waals surface area contributed by atoms with Gasteiger partial charge in [0.15, 0.2) is 0 Å². The Morgan fingerprint density at radius 3 is 2.35 bits per heavy atom. The summed E-state index contributed by atoms with van der Waals surface area (Å²) in [5.74, 6) is 0.176. The van der Waals surface area contributed by atoms with Crippen molar-refractivity contribution in [2.24, 2.45) is 0 Å². The van der Waals surface area contributed by atoms with E-state index >= 15 is 0 Å². The van der Waals surface area contributed by atoms with Crippen LogP contribution in [0.25, 0.3) is 0 Å². The molecule has 0 radical (unpaired) electrons. The molecular formula is C18H22N2O5S. The first-order valence-electron chi connectivity index (χ1n) is 7.89. The average Bonchev–Trinajstić information content (AvgIpc) is 2.65. The highest BCUT2D eigenvalue weighted by Gasteiger charge is 2.21. The van der Waals surface area contributed by atoms with Crippen LogP contribution in [0.5, 0.6) is 11.5 Å². The van der Waals surface area contributed by atoms with Crippen molar-refractivity contribution in [3.05, 3.63) is 53.6 Å². The summed E-state index contributed by atoms with van der Waals surface area (Å²) in [5, 5.41) is 2.67. The first-order chi connectivity index (χ1) is 12.4. The van der Waals surface area contributed by atoms with Crippen LogP contribution in [-0.2, 0) is 21.4 Å². The topological polar surface area (TPSA) is 93.7 Å². The van der Waals surface area contributed by atoms with Crippen molar-refractivity contribution >= 4 is 15.9 Å². The second-order valence-corrected chi connectivity index (χ2v) is 7.34. The molecule has 0 bridgehead atoms. The average molecular weight is 378 g/mol. The lowest BCUT2D eigenvalue weighted by Gasteiger charge is -2.12. The molecule has 2 N–H and O–H groups in total. The number of methoxy groups -OCH3 is 2. The summed E-state index contributed by atoms with van der Waals surface area (Å²) in [6.45, 7) is 1.93. The molecule has 2 aromatic carbocycles. The zero-order chi connectivity index (χ0) is 19.2. The summed E-state index contributed by atoms with van der Waals surface area (Å²) in [6.07, 6.45) is 0. The van der Waals surface area contributed by atoms with Gasteiger partial charge in [0.1, 0.15) is 16.4 Å². The van der Waals surface area contributed by atoms with Gasteiger partial charge in [-0.25, -0.2) is 13.1 Å². The quantitative estimate of drug-likeness (QED) is 0.728. The molecule has 1 amide bonds. The highest BCUT2D eigenvalue weighted by molar-refractivity contribution is 7.89. The van der Waals surface area contributed by atoms with E-state index in [0.717, 1.165) is 11.1 Å². The first-order valence-corrected chi connectivity index (χ1v) is 9.38. The van der Waals surface area contributed by atoms with E-state index in [4.69, 9.17) is 9.47 Å². The minimum atomic E-state index is -3.90. The van der Waals surface area contributed by atoms with E-state index in [1.54, 1.807) is 0 Å². The van der Waals surface area contributed by atoms with Gasteiger partial charge in [0.2, 0.25) is 15.9 Å². The molecule has 0 fully saturated rings. The summed E-state index contributed by atoms with van der Waals surface area (Å²) in [5.41, 5.74) is 2.06. The van der Waals surface area contributed by atoms with Crippen LogP contribution < -0.4 is 19.5 Å². The monoisotopic (exact) mass is 378 g/mol. The molecule has 0 aliphatic carbocycles. The number of sulfonamides is 1. The second-order valence-electron chi connectivity index (χ2n) is 5.60. The lowest BCUT2D eigenvalue weighted by Crippen LogP contribution is -2.36. The largest absolute Gasteiger partial charge is 0.497 e. The molecule has 0 saturated carbocycles. The maximum absolute atomic E-state index is 12.4. The van der Waals surface area contributed by atoms with Gasteiger partial charge in [-0.3, -0.25) is 4.79 Å². The Bertz CT molecular complexity index is 864. The van der Waals surface area contributed by atoms with Crippen LogP contribution >= 0.6 is 0 Å². The summed E-state index contributed by atoms with van der Waals surface area (Å²) in [7, 11) is -1.07. The van der Waals surface area contributed by atoms with Crippen molar-refractivity contribution in [2.45, 2.75) is 18.4 Å². The van der Waals surface area contributed by atoms with Gasteiger partial charge in [-0.2, -0.15) is 0 Å². The molecule has 0 heterocycles. The third-order valence-electron chi connectivity index (χ3n) is 3.69. The Hall–Kier alpha value is -2.58. The molecule has 0 aromatic heterocycles. The van der Waals surface area contributed by atoms with Crippen LogP contribution in [0.15, 0.2) is 47.4 Å². The number of ether oxygens (including phenoxy) is 2. The molecule has 2 aromatic rings. The molecule has 0 saturated heterocycles. The van der Waals surface area contributed by atoms with Crippen LogP contribution in [0.1, 0.15) is 11.1 Å². The fourth-order valence-electron chi connectivity index (χ4n) is 2.20. The van der Waals surface area contributed by atoms with Gasteiger partial charge >= 0.3 is 0 Å². The Kier molecular flexibility index (Phi) is 6.59. The smallest absolute Gasteiger partial charge is 0.244 e. The molecular weight excluding hydrogens is 356 g/mol. The molecule has 26 heavy (non-hydrogen) atoms. The predicted octanol–water partition coefficient (Wildman–Crippen LogP) is 1.61. The van der Waals surface area contributed by atoms with Gasteiger partial charge in [0, 0.05) is 12.6 Å². The minimum absolute atomic E-state index is 0.0628. The van der Waals surface area contributed by atoms with Crippen molar-refractivity contribution < 1.29 is 22.7 Å². The SMILES string of the molecule is COc1ccc(S(=O)(=O)NCC(=O)NCc2ccc(C)cc2)c(OC)c1. The van der Waals surface area contributed by atoms with E-state index in [1.807, 2.05) is 31.2 Å². The Labute approximate surface area is 153 Å². The fraction of sp³-hybridized carbons (Fsp3) is 0.278. The van der Waals surface area contributed by atoms with Gasteiger partial charge in [-0.15, -0.1) is 0 Å². The van der Waals surface area contributed by atoms with E-state index < -0.39 is 15.9 Å². The molecule has 0 unspecified atom stereocenters. The number of carbonyl (C=O) groups excluding carboxylic acids is 1. The zero-order valence-corrected chi connectivity index (χ0v) is 15.7. The molecule has 7 nitrogen and oxygen atoms in total. The molecule has 0 aliphatic rings. The first kappa shape index (κ1) is 19.7. The van der Waals surface area contributed by atoms with Crippen molar-refractivity contribution in [2.75, 3.05) is 20.8 Å². The lowest BCUT2D eigenvalue weighted by atomic mass is 10.1. The maximum atomic E-state index is 12.4. The van der Waals surface area contributed by atoms with E-state index in [0.29, 0.717) is 12.3 Å². The number of benzene rings is 2. The summed E-state index contributed by atoms with van der Waals surface area (Å²) in [4.78, 5) is 11.9. The minimum Gasteiger partial charge on any atom is -0.497 e. The molecule has 2 rings (SSSR count). The summed E-state index contributed by atoms with van der Waals surface area (Å²) >= 11 is 0. The molecule has 8 heteroatoms.